The zero-order valence-electron chi connectivity index (χ0n) is 10.2. The Labute approximate surface area is 102 Å². The monoisotopic (exact) mass is 290 g/mol. The van der Waals surface area contributed by atoms with Crippen molar-refractivity contribution >= 4 is 17.9 Å². The van der Waals surface area contributed by atoms with Gasteiger partial charge < -0.3 is 0 Å². The highest BCUT2D eigenvalue weighted by Gasteiger charge is 2.28. The van der Waals surface area contributed by atoms with E-state index < -0.39 is 23.9 Å². The summed E-state index contributed by atoms with van der Waals surface area (Å²) < 4.78 is 52.6. The van der Waals surface area contributed by atoms with Gasteiger partial charge in [-0.05, 0) is 12.8 Å². The summed E-state index contributed by atoms with van der Waals surface area (Å²) in [6.07, 6.45) is 1.22. The van der Waals surface area contributed by atoms with Gasteiger partial charge in [-0.25, -0.2) is 4.57 Å². The molecule has 0 amide bonds. The smallest absolute Gasteiger partial charge is 0.287 e. The summed E-state index contributed by atoms with van der Waals surface area (Å²) in [5.41, 5.74) is 0. The number of rotatable bonds is 10. The lowest BCUT2D eigenvalue weighted by molar-refractivity contribution is 0.123. The van der Waals surface area contributed by atoms with Crippen molar-refractivity contribution in [3.05, 3.63) is 0 Å². The van der Waals surface area contributed by atoms with Crippen LogP contribution in [0, 0.1) is 0 Å². The van der Waals surface area contributed by atoms with Gasteiger partial charge in [0.1, 0.15) is 0 Å². The maximum atomic E-state index is 11.9. The van der Waals surface area contributed by atoms with Gasteiger partial charge in [-0.3, -0.25) is 17.8 Å². The van der Waals surface area contributed by atoms with Crippen molar-refractivity contribution in [3.8, 4) is 0 Å². The van der Waals surface area contributed by atoms with Crippen molar-refractivity contribution in [2.75, 3.05) is 26.3 Å². The summed E-state index contributed by atoms with van der Waals surface area (Å²) in [5.74, 6) is -0.867. The second kappa shape index (κ2) is 8.18. The SMILES string of the molecule is CCCOP(=O)(OCCC)OCS(=O)(=O)OC. The molecule has 0 heterocycles. The minimum Gasteiger partial charge on any atom is -0.287 e. The Balaban J connectivity index is 4.42. The molecule has 0 aliphatic heterocycles. The van der Waals surface area contributed by atoms with Crippen molar-refractivity contribution in [2.45, 2.75) is 26.7 Å². The van der Waals surface area contributed by atoms with Gasteiger partial charge in [0.15, 0.2) is 5.94 Å². The van der Waals surface area contributed by atoms with Crippen LogP contribution < -0.4 is 0 Å². The van der Waals surface area contributed by atoms with Crippen molar-refractivity contribution in [1.82, 2.24) is 0 Å². The van der Waals surface area contributed by atoms with Gasteiger partial charge in [-0.2, -0.15) is 8.42 Å². The maximum absolute atomic E-state index is 11.9. The molecule has 0 spiro atoms. The third-order valence-electron chi connectivity index (χ3n) is 1.52. The average molecular weight is 290 g/mol. The van der Waals surface area contributed by atoms with Crippen LogP contribution in [0.3, 0.4) is 0 Å². The first-order valence-corrected chi connectivity index (χ1v) is 8.25. The molecule has 0 aromatic carbocycles. The minimum absolute atomic E-state index is 0.161. The molecule has 0 fully saturated rings. The normalized spacial score (nSPS) is 12.9. The highest BCUT2D eigenvalue weighted by atomic mass is 32.2. The van der Waals surface area contributed by atoms with Crippen LogP contribution in [0.4, 0.5) is 0 Å². The molecule has 17 heavy (non-hydrogen) atoms. The topological polar surface area (TPSA) is 88.1 Å². The summed E-state index contributed by atoms with van der Waals surface area (Å²) in [5, 5.41) is 0. The quantitative estimate of drug-likeness (QED) is 0.448. The van der Waals surface area contributed by atoms with E-state index in [-0.39, 0.29) is 13.2 Å². The van der Waals surface area contributed by atoms with Crippen LogP contribution in [0.5, 0.6) is 0 Å². The lowest BCUT2D eigenvalue weighted by Gasteiger charge is -2.16. The van der Waals surface area contributed by atoms with E-state index in [2.05, 4.69) is 8.71 Å². The van der Waals surface area contributed by atoms with E-state index >= 15 is 0 Å². The first kappa shape index (κ1) is 17.0. The maximum Gasteiger partial charge on any atom is 0.475 e. The first-order valence-electron chi connectivity index (χ1n) is 5.21. The molecule has 0 rings (SSSR count). The Morgan fingerprint density at radius 2 is 1.47 bits per heavy atom. The highest BCUT2D eigenvalue weighted by molar-refractivity contribution is 7.86. The number of hydrogen-bond acceptors (Lipinski definition) is 7. The first-order chi connectivity index (χ1) is 7.89. The predicted molar refractivity (Wildman–Crippen MR) is 62.0 cm³/mol. The predicted octanol–water partition coefficient (Wildman–Crippen LogP) is 1.90. The summed E-state index contributed by atoms with van der Waals surface area (Å²) in [7, 11) is -6.69. The molecule has 7 nitrogen and oxygen atoms in total. The Bertz CT molecular complexity index is 328. The molecule has 0 aromatic rings. The van der Waals surface area contributed by atoms with Gasteiger partial charge in [0, 0.05) is 0 Å². The molecular formula is C8H19O7PS. The molecule has 0 radical (unpaired) electrons. The van der Waals surface area contributed by atoms with Crippen molar-refractivity contribution in [2.24, 2.45) is 0 Å². The van der Waals surface area contributed by atoms with Gasteiger partial charge >= 0.3 is 7.82 Å². The average Bonchev–Trinajstić information content (AvgIpc) is 2.32. The third kappa shape index (κ3) is 7.86. The lowest BCUT2D eigenvalue weighted by Crippen LogP contribution is -2.12. The molecule has 0 unspecified atom stereocenters. The fraction of sp³-hybridized carbons (Fsp3) is 1.00. The van der Waals surface area contributed by atoms with Crippen LogP contribution in [0.25, 0.3) is 0 Å². The van der Waals surface area contributed by atoms with Crippen LogP contribution in [0.15, 0.2) is 0 Å². The van der Waals surface area contributed by atoms with Crippen LogP contribution in [-0.2, 0) is 32.4 Å². The summed E-state index contributed by atoms with van der Waals surface area (Å²) in [6.45, 7) is 3.95. The van der Waals surface area contributed by atoms with E-state index in [9.17, 15) is 13.0 Å². The Kier molecular flexibility index (Phi) is 8.19. The van der Waals surface area contributed by atoms with E-state index in [1.807, 2.05) is 13.8 Å². The highest BCUT2D eigenvalue weighted by Crippen LogP contribution is 2.49. The fourth-order valence-corrected chi connectivity index (χ4v) is 2.86. The summed E-state index contributed by atoms with van der Waals surface area (Å²) in [6, 6.07) is 0. The van der Waals surface area contributed by atoms with Gasteiger partial charge in [-0.15, -0.1) is 0 Å². The molecule has 0 aromatic heterocycles. The van der Waals surface area contributed by atoms with E-state index in [1.54, 1.807) is 0 Å². The fourth-order valence-electron chi connectivity index (χ4n) is 0.695. The van der Waals surface area contributed by atoms with Crippen molar-refractivity contribution < 1.29 is 30.7 Å². The van der Waals surface area contributed by atoms with Crippen LogP contribution in [0.1, 0.15) is 26.7 Å². The number of hydrogen-bond donors (Lipinski definition) is 0. The molecule has 0 atom stereocenters. The largest absolute Gasteiger partial charge is 0.475 e. The summed E-state index contributed by atoms with van der Waals surface area (Å²) >= 11 is 0. The molecule has 0 saturated heterocycles. The van der Waals surface area contributed by atoms with Crippen LogP contribution in [-0.4, -0.2) is 34.7 Å². The number of phosphoric acid groups is 1. The Hall–Kier alpha value is 0.0200. The zero-order valence-corrected chi connectivity index (χ0v) is 12.0. The van der Waals surface area contributed by atoms with E-state index in [0.717, 1.165) is 7.11 Å². The van der Waals surface area contributed by atoms with Crippen LogP contribution in [0.2, 0.25) is 0 Å². The minimum atomic E-state index is -3.86. The molecule has 104 valence electrons. The van der Waals surface area contributed by atoms with Gasteiger partial charge in [0.05, 0.1) is 20.3 Å². The number of phosphoric ester groups is 1. The molecule has 0 saturated carbocycles. The molecule has 0 N–H and O–H groups in total. The van der Waals surface area contributed by atoms with E-state index in [1.165, 1.54) is 0 Å². The summed E-state index contributed by atoms with van der Waals surface area (Å²) in [4.78, 5) is 0. The van der Waals surface area contributed by atoms with Crippen molar-refractivity contribution in [3.63, 3.8) is 0 Å². The van der Waals surface area contributed by atoms with Gasteiger partial charge in [0.2, 0.25) is 0 Å². The molecule has 0 aliphatic rings. The van der Waals surface area contributed by atoms with Crippen LogP contribution >= 0.6 is 7.82 Å². The van der Waals surface area contributed by atoms with Gasteiger partial charge in [0.25, 0.3) is 10.1 Å². The zero-order chi connectivity index (χ0) is 13.4. The standard InChI is InChI=1S/C8H19O7PS/c1-4-6-13-16(9,14-7-5-2)15-8-17(10,11)12-3/h4-8H2,1-3H3. The van der Waals surface area contributed by atoms with E-state index in [4.69, 9.17) is 9.05 Å². The molecular weight excluding hydrogens is 271 g/mol. The van der Waals surface area contributed by atoms with Gasteiger partial charge in [-0.1, -0.05) is 13.8 Å². The second-order valence-corrected chi connectivity index (χ2v) is 6.44. The third-order valence-corrected chi connectivity index (χ3v) is 4.05. The molecule has 0 bridgehead atoms. The molecule has 9 heteroatoms. The lowest BCUT2D eigenvalue weighted by atomic mass is 10.5. The Morgan fingerprint density at radius 3 is 1.82 bits per heavy atom. The second-order valence-electron chi connectivity index (χ2n) is 3.08. The van der Waals surface area contributed by atoms with Crippen molar-refractivity contribution in [1.29, 1.82) is 0 Å². The molecule has 0 aliphatic carbocycles. The Morgan fingerprint density at radius 1 is 1.00 bits per heavy atom. The van der Waals surface area contributed by atoms with E-state index in [0.29, 0.717) is 12.8 Å².